The lowest BCUT2D eigenvalue weighted by Crippen LogP contribution is -2.42. The zero-order chi connectivity index (χ0) is 27.1. The SMILES string of the molecule is Cc1c(CN2CC[C@H](F)C2)n(C(C)C)c2cc(-c3nc(N[C@@H]4CCOC[C@H]4O)ncc3F)cc(F)c2c1=O. The summed E-state index contributed by atoms with van der Waals surface area (Å²) in [5.41, 5.74) is 1.00. The summed E-state index contributed by atoms with van der Waals surface area (Å²) in [6.07, 6.45) is 0.264. The average molecular weight is 532 g/mol. The van der Waals surface area contributed by atoms with Crippen molar-refractivity contribution in [1.29, 1.82) is 0 Å². The molecule has 5 rings (SSSR count). The standard InChI is InChI=1S/C27H32F3N5O3/c1-14(2)35-21-9-16(25-19(30)10-31-27(33-25)32-20-5-7-38-13-23(20)36)8-18(29)24(21)26(37)15(3)22(35)12-34-6-4-17(28)11-34/h8-10,14,17,20,23,36H,4-7,11-13H2,1-3H3,(H,31,32,33)/t17-,20+,23+/m0/s1. The molecular weight excluding hydrogens is 499 g/mol. The van der Waals surface area contributed by atoms with E-state index < -0.39 is 29.3 Å². The van der Waals surface area contributed by atoms with Crippen LogP contribution in [0.25, 0.3) is 22.2 Å². The van der Waals surface area contributed by atoms with Crippen LogP contribution in [-0.4, -0.2) is 69.2 Å². The minimum absolute atomic E-state index is 0.0772. The van der Waals surface area contributed by atoms with Crippen LogP contribution in [0.2, 0.25) is 0 Å². The Morgan fingerprint density at radius 1 is 1.24 bits per heavy atom. The van der Waals surface area contributed by atoms with Crippen LogP contribution in [0.4, 0.5) is 19.1 Å². The van der Waals surface area contributed by atoms with E-state index >= 15 is 4.39 Å². The Morgan fingerprint density at radius 3 is 2.71 bits per heavy atom. The molecular formula is C27H32F3N5O3. The van der Waals surface area contributed by atoms with Crippen LogP contribution in [0.3, 0.4) is 0 Å². The predicted molar refractivity (Wildman–Crippen MR) is 138 cm³/mol. The van der Waals surface area contributed by atoms with E-state index in [4.69, 9.17) is 4.74 Å². The van der Waals surface area contributed by atoms with Crippen LogP contribution >= 0.6 is 0 Å². The third-order valence-electron chi connectivity index (χ3n) is 7.38. The fourth-order valence-corrected chi connectivity index (χ4v) is 5.41. The summed E-state index contributed by atoms with van der Waals surface area (Å²) in [7, 11) is 0. The van der Waals surface area contributed by atoms with Crippen LogP contribution < -0.4 is 10.7 Å². The summed E-state index contributed by atoms with van der Waals surface area (Å²) in [5.74, 6) is -1.43. The maximum Gasteiger partial charge on any atom is 0.223 e. The molecule has 0 unspecified atom stereocenters. The van der Waals surface area contributed by atoms with Crippen molar-refractivity contribution < 1.29 is 23.0 Å². The van der Waals surface area contributed by atoms with Gasteiger partial charge < -0.3 is 19.7 Å². The molecule has 11 heteroatoms. The van der Waals surface area contributed by atoms with Gasteiger partial charge in [-0.1, -0.05) is 0 Å². The smallest absolute Gasteiger partial charge is 0.223 e. The maximum atomic E-state index is 15.6. The molecule has 8 nitrogen and oxygen atoms in total. The van der Waals surface area contributed by atoms with E-state index in [0.717, 1.165) is 12.3 Å². The van der Waals surface area contributed by atoms with Gasteiger partial charge in [0.1, 0.15) is 17.7 Å². The molecule has 0 aliphatic carbocycles. The summed E-state index contributed by atoms with van der Waals surface area (Å²) < 4.78 is 51.5. The summed E-state index contributed by atoms with van der Waals surface area (Å²) in [4.78, 5) is 23.5. The lowest BCUT2D eigenvalue weighted by atomic mass is 10.0. The van der Waals surface area contributed by atoms with Gasteiger partial charge in [-0.05, 0) is 45.7 Å². The second kappa shape index (κ2) is 10.6. The second-order valence-corrected chi connectivity index (χ2v) is 10.4. The minimum Gasteiger partial charge on any atom is -0.389 e. The van der Waals surface area contributed by atoms with Crippen molar-refractivity contribution in [3.63, 3.8) is 0 Å². The number of halogens is 3. The number of anilines is 1. The van der Waals surface area contributed by atoms with E-state index in [1.807, 2.05) is 23.3 Å². The van der Waals surface area contributed by atoms with Gasteiger partial charge in [0.25, 0.3) is 0 Å². The number of ether oxygens (including phenoxy) is 1. The Morgan fingerprint density at radius 2 is 2.03 bits per heavy atom. The Labute approximate surface area is 218 Å². The predicted octanol–water partition coefficient (Wildman–Crippen LogP) is 3.73. The van der Waals surface area contributed by atoms with Gasteiger partial charge in [-0.3, -0.25) is 9.69 Å². The molecule has 2 saturated heterocycles. The highest BCUT2D eigenvalue weighted by Crippen LogP contribution is 2.31. The lowest BCUT2D eigenvalue weighted by molar-refractivity contribution is -0.0136. The number of aliphatic hydroxyl groups is 1. The normalized spacial score (nSPS) is 22.5. The van der Waals surface area contributed by atoms with Gasteiger partial charge >= 0.3 is 0 Å². The summed E-state index contributed by atoms with van der Waals surface area (Å²) >= 11 is 0. The highest BCUT2D eigenvalue weighted by atomic mass is 19.1. The molecule has 204 valence electrons. The molecule has 2 aliphatic heterocycles. The molecule has 2 aromatic heterocycles. The number of benzene rings is 1. The largest absolute Gasteiger partial charge is 0.389 e. The number of hydrogen-bond donors (Lipinski definition) is 2. The van der Waals surface area contributed by atoms with E-state index in [-0.39, 0.29) is 47.8 Å². The molecule has 2 N–H and O–H groups in total. The van der Waals surface area contributed by atoms with Crippen molar-refractivity contribution in [3.05, 3.63) is 51.4 Å². The number of likely N-dealkylation sites (tertiary alicyclic amines) is 1. The van der Waals surface area contributed by atoms with Gasteiger partial charge in [-0.2, -0.15) is 0 Å². The lowest BCUT2D eigenvalue weighted by Gasteiger charge is -2.28. The van der Waals surface area contributed by atoms with Crippen molar-refractivity contribution in [2.24, 2.45) is 0 Å². The first-order chi connectivity index (χ1) is 18.1. The Bertz CT molecular complexity index is 1410. The van der Waals surface area contributed by atoms with Gasteiger partial charge in [0, 0.05) is 49.1 Å². The molecule has 38 heavy (non-hydrogen) atoms. The van der Waals surface area contributed by atoms with Gasteiger partial charge in [0.2, 0.25) is 5.95 Å². The van der Waals surface area contributed by atoms with Crippen molar-refractivity contribution >= 4 is 16.9 Å². The van der Waals surface area contributed by atoms with Crippen molar-refractivity contribution in [2.45, 2.75) is 64.5 Å². The fraction of sp³-hybridized carbons (Fsp3) is 0.519. The molecule has 4 heterocycles. The van der Waals surface area contributed by atoms with Crippen LogP contribution in [-0.2, 0) is 11.3 Å². The number of fused-ring (bicyclic) bond motifs is 1. The number of alkyl halides is 1. The average Bonchev–Trinajstić information content (AvgIpc) is 3.28. The topological polar surface area (TPSA) is 92.5 Å². The molecule has 0 amide bonds. The number of aromatic nitrogens is 3. The molecule has 3 aromatic rings. The second-order valence-electron chi connectivity index (χ2n) is 10.4. The third kappa shape index (κ3) is 5.02. The van der Waals surface area contributed by atoms with Crippen molar-refractivity contribution in [1.82, 2.24) is 19.4 Å². The minimum atomic E-state index is -0.912. The van der Waals surface area contributed by atoms with Crippen LogP contribution in [0, 0.1) is 18.6 Å². The molecule has 0 bridgehead atoms. The molecule has 0 radical (unpaired) electrons. The monoisotopic (exact) mass is 531 g/mol. The molecule has 0 spiro atoms. The maximum absolute atomic E-state index is 15.6. The van der Waals surface area contributed by atoms with Crippen LogP contribution in [0.1, 0.15) is 44.0 Å². The first kappa shape index (κ1) is 26.6. The summed E-state index contributed by atoms with van der Waals surface area (Å²) in [5, 5.41) is 13.1. The molecule has 0 saturated carbocycles. The van der Waals surface area contributed by atoms with E-state index in [9.17, 15) is 18.7 Å². The van der Waals surface area contributed by atoms with Gasteiger partial charge in [-0.15, -0.1) is 0 Å². The van der Waals surface area contributed by atoms with E-state index in [2.05, 4.69) is 15.3 Å². The highest BCUT2D eigenvalue weighted by Gasteiger charge is 2.27. The zero-order valence-corrected chi connectivity index (χ0v) is 21.7. The number of nitrogens with zero attached hydrogens (tertiary/aromatic N) is 4. The van der Waals surface area contributed by atoms with E-state index in [0.29, 0.717) is 49.3 Å². The van der Waals surface area contributed by atoms with Crippen LogP contribution in [0.15, 0.2) is 23.1 Å². The number of pyridine rings is 1. The summed E-state index contributed by atoms with van der Waals surface area (Å²) in [6.45, 7) is 7.34. The molecule has 3 atom stereocenters. The van der Waals surface area contributed by atoms with Gasteiger partial charge in [-0.25, -0.2) is 23.1 Å². The quantitative estimate of drug-likeness (QED) is 0.501. The Kier molecular flexibility index (Phi) is 7.43. The number of hydrogen-bond acceptors (Lipinski definition) is 7. The molecule has 2 aliphatic rings. The fourth-order valence-electron chi connectivity index (χ4n) is 5.41. The molecule has 1 aromatic carbocycles. The first-order valence-electron chi connectivity index (χ1n) is 12.9. The Hall–Kier alpha value is -3.02. The first-order valence-corrected chi connectivity index (χ1v) is 12.9. The highest BCUT2D eigenvalue weighted by molar-refractivity contribution is 5.86. The zero-order valence-electron chi connectivity index (χ0n) is 21.7. The number of rotatable bonds is 6. The van der Waals surface area contributed by atoms with Crippen LogP contribution in [0.5, 0.6) is 0 Å². The van der Waals surface area contributed by atoms with E-state index in [1.165, 1.54) is 0 Å². The molecule has 2 fully saturated rings. The summed E-state index contributed by atoms with van der Waals surface area (Å²) in [6, 6.07) is 2.15. The van der Waals surface area contributed by atoms with Gasteiger partial charge in [0.05, 0.1) is 35.9 Å². The van der Waals surface area contributed by atoms with Gasteiger partial charge in [0.15, 0.2) is 11.2 Å². The Balaban J connectivity index is 1.62. The number of nitrogens with one attached hydrogen (secondary N) is 1. The number of aliphatic hydroxyl groups excluding tert-OH is 1. The third-order valence-corrected chi connectivity index (χ3v) is 7.38. The van der Waals surface area contributed by atoms with Crippen molar-refractivity contribution in [3.8, 4) is 11.3 Å². The van der Waals surface area contributed by atoms with E-state index in [1.54, 1.807) is 13.0 Å². The van der Waals surface area contributed by atoms with Crippen molar-refractivity contribution in [2.75, 3.05) is 31.6 Å².